The monoisotopic (exact) mass is 274 g/mol. The van der Waals surface area contributed by atoms with Crippen LogP contribution >= 0.6 is 7.82 Å². The molecule has 1 aromatic carbocycles. The standard InChI is InChI=1S/C12H19O5P/c1-3-16-18(13,14)17-10-4-5-11-6-8-12(15-2)9-7-11/h6-9H,3-5,10H2,1-2H3,(H,13,14). The van der Waals surface area contributed by atoms with Gasteiger partial charge in [0.25, 0.3) is 0 Å². The molecule has 0 spiro atoms. The minimum atomic E-state index is -3.85. The van der Waals surface area contributed by atoms with Crippen LogP contribution in [0.15, 0.2) is 24.3 Å². The van der Waals surface area contributed by atoms with E-state index in [4.69, 9.17) is 9.26 Å². The van der Waals surface area contributed by atoms with E-state index >= 15 is 0 Å². The van der Waals surface area contributed by atoms with Crippen LogP contribution in [-0.4, -0.2) is 25.2 Å². The average Bonchev–Trinajstić information content (AvgIpc) is 2.35. The summed E-state index contributed by atoms with van der Waals surface area (Å²) in [5.41, 5.74) is 1.13. The van der Waals surface area contributed by atoms with E-state index in [1.54, 1.807) is 14.0 Å². The second-order valence-electron chi connectivity index (χ2n) is 3.67. The zero-order valence-electron chi connectivity index (χ0n) is 10.7. The molecular formula is C12H19O5P. The largest absolute Gasteiger partial charge is 0.497 e. The highest BCUT2D eigenvalue weighted by atomic mass is 31.2. The molecule has 0 bridgehead atoms. The highest BCUT2D eigenvalue weighted by Gasteiger charge is 2.18. The summed E-state index contributed by atoms with van der Waals surface area (Å²) in [7, 11) is -2.23. The molecule has 102 valence electrons. The van der Waals surface area contributed by atoms with Crippen LogP contribution in [0.4, 0.5) is 0 Å². The molecular weight excluding hydrogens is 255 g/mol. The third kappa shape index (κ3) is 5.65. The Morgan fingerprint density at radius 2 is 1.89 bits per heavy atom. The van der Waals surface area contributed by atoms with Crippen molar-refractivity contribution in [2.24, 2.45) is 0 Å². The molecule has 0 saturated carbocycles. The summed E-state index contributed by atoms with van der Waals surface area (Å²) in [6, 6.07) is 7.68. The van der Waals surface area contributed by atoms with Gasteiger partial charge in [-0.2, -0.15) is 0 Å². The molecule has 0 aliphatic rings. The summed E-state index contributed by atoms with van der Waals surface area (Å²) < 4.78 is 25.6. The lowest BCUT2D eigenvalue weighted by Gasteiger charge is -2.10. The SMILES string of the molecule is CCOP(=O)(O)OCCCc1ccc(OC)cc1. The van der Waals surface area contributed by atoms with Crippen LogP contribution in [0.2, 0.25) is 0 Å². The van der Waals surface area contributed by atoms with Crippen molar-refractivity contribution in [2.75, 3.05) is 20.3 Å². The van der Waals surface area contributed by atoms with E-state index in [0.29, 0.717) is 6.42 Å². The van der Waals surface area contributed by atoms with Gasteiger partial charge in [0, 0.05) is 0 Å². The molecule has 0 aliphatic heterocycles. The maximum atomic E-state index is 11.2. The Bertz CT molecular complexity index is 390. The summed E-state index contributed by atoms with van der Waals surface area (Å²) in [6.45, 7) is 2.00. The molecule has 1 N–H and O–H groups in total. The normalized spacial score (nSPS) is 14.2. The predicted octanol–water partition coefficient (Wildman–Crippen LogP) is 2.78. The van der Waals surface area contributed by atoms with Crippen molar-refractivity contribution >= 4 is 7.82 Å². The molecule has 18 heavy (non-hydrogen) atoms. The van der Waals surface area contributed by atoms with Crippen LogP contribution in [-0.2, 0) is 20.0 Å². The quantitative estimate of drug-likeness (QED) is 0.583. The summed E-state index contributed by atoms with van der Waals surface area (Å²) >= 11 is 0. The number of ether oxygens (including phenoxy) is 1. The minimum absolute atomic E-state index is 0.159. The molecule has 1 rings (SSSR count). The van der Waals surface area contributed by atoms with Gasteiger partial charge in [0.05, 0.1) is 20.3 Å². The first kappa shape index (κ1) is 15.2. The van der Waals surface area contributed by atoms with Crippen LogP contribution in [0.1, 0.15) is 18.9 Å². The summed E-state index contributed by atoms with van der Waals surface area (Å²) in [6.07, 6.45) is 1.43. The second kappa shape index (κ2) is 7.54. The molecule has 1 aromatic rings. The summed E-state index contributed by atoms with van der Waals surface area (Å²) in [5.74, 6) is 0.811. The maximum absolute atomic E-state index is 11.2. The van der Waals surface area contributed by atoms with Crippen LogP contribution in [0.3, 0.4) is 0 Å². The molecule has 5 nitrogen and oxygen atoms in total. The molecule has 0 aliphatic carbocycles. The Kier molecular flexibility index (Phi) is 6.36. The molecule has 6 heteroatoms. The Morgan fingerprint density at radius 1 is 1.22 bits per heavy atom. The van der Waals surface area contributed by atoms with Gasteiger partial charge in [-0.15, -0.1) is 0 Å². The Labute approximate surface area is 107 Å². The number of rotatable bonds is 8. The van der Waals surface area contributed by atoms with E-state index in [-0.39, 0.29) is 13.2 Å². The first-order chi connectivity index (χ1) is 8.57. The fraction of sp³-hybridized carbons (Fsp3) is 0.500. The lowest BCUT2D eigenvalue weighted by Crippen LogP contribution is -1.98. The third-order valence-electron chi connectivity index (χ3n) is 2.32. The van der Waals surface area contributed by atoms with Crippen molar-refractivity contribution in [3.63, 3.8) is 0 Å². The van der Waals surface area contributed by atoms with Gasteiger partial charge in [0.15, 0.2) is 0 Å². The highest BCUT2D eigenvalue weighted by molar-refractivity contribution is 7.47. The van der Waals surface area contributed by atoms with Crippen LogP contribution in [0, 0.1) is 0 Å². The van der Waals surface area contributed by atoms with E-state index in [2.05, 4.69) is 4.52 Å². The molecule has 0 saturated heterocycles. The molecule has 0 aromatic heterocycles. The molecule has 1 atom stereocenters. The van der Waals surface area contributed by atoms with Gasteiger partial charge >= 0.3 is 7.82 Å². The van der Waals surface area contributed by atoms with Crippen molar-refractivity contribution in [3.8, 4) is 5.75 Å². The first-order valence-corrected chi connectivity index (χ1v) is 7.31. The van der Waals surface area contributed by atoms with Crippen molar-refractivity contribution in [2.45, 2.75) is 19.8 Å². The molecule has 0 amide bonds. The fourth-order valence-corrected chi connectivity index (χ4v) is 2.21. The van der Waals surface area contributed by atoms with Crippen LogP contribution in [0.5, 0.6) is 5.75 Å². The summed E-state index contributed by atoms with van der Waals surface area (Å²) in [5, 5.41) is 0. The van der Waals surface area contributed by atoms with Gasteiger partial charge in [0.1, 0.15) is 5.75 Å². The van der Waals surface area contributed by atoms with Crippen molar-refractivity contribution < 1.29 is 23.2 Å². The molecule has 0 heterocycles. The Morgan fingerprint density at radius 3 is 2.44 bits per heavy atom. The minimum Gasteiger partial charge on any atom is -0.497 e. The smallest absolute Gasteiger partial charge is 0.472 e. The first-order valence-electron chi connectivity index (χ1n) is 5.82. The van der Waals surface area contributed by atoms with Gasteiger partial charge in [-0.05, 0) is 37.5 Å². The van der Waals surface area contributed by atoms with Gasteiger partial charge in [-0.25, -0.2) is 4.57 Å². The van der Waals surface area contributed by atoms with Gasteiger partial charge < -0.3 is 9.63 Å². The number of hydrogen-bond donors (Lipinski definition) is 1. The lowest BCUT2D eigenvalue weighted by molar-refractivity contribution is 0.154. The van der Waals surface area contributed by atoms with E-state index in [9.17, 15) is 9.46 Å². The van der Waals surface area contributed by atoms with E-state index < -0.39 is 7.82 Å². The highest BCUT2D eigenvalue weighted by Crippen LogP contribution is 2.42. The zero-order valence-corrected chi connectivity index (χ0v) is 11.6. The number of aryl methyl sites for hydroxylation is 1. The fourth-order valence-electron chi connectivity index (χ4n) is 1.45. The zero-order chi connectivity index (χ0) is 13.4. The third-order valence-corrected chi connectivity index (χ3v) is 3.41. The number of phosphoric ester groups is 1. The molecule has 0 radical (unpaired) electrons. The van der Waals surface area contributed by atoms with Gasteiger partial charge in [0.2, 0.25) is 0 Å². The predicted molar refractivity (Wildman–Crippen MR) is 68.7 cm³/mol. The number of phosphoric acid groups is 1. The number of benzene rings is 1. The van der Waals surface area contributed by atoms with E-state index in [0.717, 1.165) is 17.7 Å². The topological polar surface area (TPSA) is 65.0 Å². The lowest BCUT2D eigenvalue weighted by atomic mass is 10.1. The van der Waals surface area contributed by atoms with E-state index in [1.165, 1.54) is 0 Å². The molecule has 0 fully saturated rings. The maximum Gasteiger partial charge on any atom is 0.472 e. The average molecular weight is 274 g/mol. The van der Waals surface area contributed by atoms with Gasteiger partial charge in [-0.3, -0.25) is 9.05 Å². The van der Waals surface area contributed by atoms with Crippen LogP contribution in [0.25, 0.3) is 0 Å². The summed E-state index contributed by atoms with van der Waals surface area (Å²) in [4.78, 5) is 9.17. The second-order valence-corrected chi connectivity index (χ2v) is 5.12. The van der Waals surface area contributed by atoms with E-state index in [1.807, 2.05) is 24.3 Å². The van der Waals surface area contributed by atoms with Crippen molar-refractivity contribution in [1.82, 2.24) is 0 Å². The van der Waals surface area contributed by atoms with Crippen LogP contribution < -0.4 is 4.74 Å². The van der Waals surface area contributed by atoms with Gasteiger partial charge in [-0.1, -0.05) is 12.1 Å². The Balaban J connectivity index is 2.27. The molecule has 1 unspecified atom stereocenters. The van der Waals surface area contributed by atoms with Crippen molar-refractivity contribution in [1.29, 1.82) is 0 Å². The number of hydrogen-bond acceptors (Lipinski definition) is 4. The van der Waals surface area contributed by atoms with Crippen molar-refractivity contribution in [3.05, 3.63) is 29.8 Å². The Hall–Kier alpha value is -0.870. The number of methoxy groups -OCH3 is 1.